The van der Waals surface area contributed by atoms with Crippen LogP contribution in [0.3, 0.4) is 0 Å². The first-order valence-corrected chi connectivity index (χ1v) is 11.2. The van der Waals surface area contributed by atoms with Crippen molar-refractivity contribution >= 4 is 17.5 Å². The summed E-state index contributed by atoms with van der Waals surface area (Å²) in [6.07, 6.45) is 15.9. The number of pyridine rings is 1. The first-order valence-electron chi connectivity index (χ1n) is 10.8. The quantitative estimate of drug-likeness (QED) is 0.529. The summed E-state index contributed by atoms with van der Waals surface area (Å²) in [5.74, 6) is 1.85. The van der Waals surface area contributed by atoms with E-state index >= 15 is 0 Å². The number of hydrogen-bond acceptors (Lipinski definition) is 3. The van der Waals surface area contributed by atoms with Crippen LogP contribution in [0.2, 0.25) is 5.15 Å². The summed E-state index contributed by atoms with van der Waals surface area (Å²) in [5, 5.41) is 3.35. The molecule has 1 saturated carbocycles. The highest BCUT2D eigenvalue weighted by molar-refractivity contribution is 6.29. The lowest BCUT2D eigenvalue weighted by Crippen LogP contribution is -2.39. The third kappa shape index (κ3) is 7.08. The molecule has 0 aromatic carbocycles. The van der Waals surface area contributed by atoms with E-state index in [4.69, 9.17) is 11.6 Å². The number of hydrogen-bond donors (Lipinski definition) is 1. The van der Waals surface area contributed by atoms with Crippen LogP contribution in [0.1, 0.15) is 74.6 Å². The molecule has 0 unspecified atom stereocenters. The molecule has 0 bridgehead atoms. The lowest BCUT2D eigenvalue weighted by atomic mass is 9.86. The van der Waals surface area contributed by atoms with Gasteiger partial charge in [0.15, 0.2) is 0 Å². The molecule has 5 heteroatoms. The van der Waals surface area contributed by atoms with Crippen molar-refractivity contribution in [2.45, 2.75) is 64.2 Å². The van der Waals surface area contributed by atoms with Crippen LogP contribution in [0, 0.1) is 11.8 Å². The Hall–Kier alpha value is -1.13. The highest BCUT2D eigenvalue weighted by Gasteiger charge is 2.21. The Morgan fingerprint density at radius 1 is 1.07 bits per heavy atom. The van der Waals surface area contributed by atoms with Crippen molar-refractivity contribution in [1.29, 1.82) is 0 Å². The summed E-state index contributed by atoms with van der Waals surface area (Å²) in [7, 11) is 0. The van der Waals surface area contributed by atoms with Crippen LogP contribution in [0.15, 0.2) is 18.3 Å². The van der Waals surface area contributed by atoms with E-state index in [1.807, 2.05) is 0 Å². The van der Waals surface area contributed by atoms with Gasteiger partial charge in [0.2, 0.25) is 0 Å². The van der Waals surface area contributed by atoms with Gasteiger partial charge in [0.1, 0.15) is 5.15 Å². The first kappa shape index (κ1) is 20.6. The molecule has 1 amide bonds. The number of aromatic nitrogens is 1. The third-order valence-corrected chi connectivity index (χ3v) is 6.57. The van der Waals surface area contributed by atoms with E-state index in [0.717, 1.165) is 18.4 Å². The second-order valence-corrected chi connectivity index (χ2v) is 8.73. The number of carbonyl (C=O) groups is 1. The fourth-order valence-electron chi connectivity index (χ4n) is 4.60. The summed E-state index contributed by atoms with van der Waals surface area (Å²) in [5.41, 5.74) is 0.576. The van der Waals surface area contributed by atoms with Crippen LogP contribution < -0.4 is 5.32 Å². The molecule has 1 saturated heterocycles. The molecule has 150 valence electrons. The van der Waals surface area contributed by atoms with Crippen molar-refractivity contribution in [1.82, 2.24) is 15.2 Å². The maximum absolute atomic E-state index is 12.1. The molecule has 27 heavy (non-hydrogen) atoms. The summed E-state index contributed by atoms with van der Waals surface area (Å²) < 4.78 is 0. The number of piperidine rings is 1. The zero-order valence-corrected chi connectivity index (χ0v) is 17.2. The molecular formula is C22H34ClN3O. The smallest absolute Gasteiger partial charge is 0.251 e. The minimum Gasteiger partial charge on any atom is -0.351 e. The Morgan fingerprint density at radius 3 is 2.41 bits per heavy atom. The molecule has 0 radical (unpaired) electrons. The minimum absolute atomic E-state index is 0.0717. The van der Waals surface area contributed by atoms with Gasteiger partial charge in [0.25, 0.3) is 5.91 Å². The average molecular weight is 392 g/mol. The summed E-state index contributed by atoms with van der Waals surface area (Å²) in [6, 6.07) is 3.30. The molecule has 1 N–H and O–H groups in total. The molecule has 1 aliphatic heterocycles. The maximum atomic E-state index is 12.1. The maximum Gasteiger partial charge on any atom is 0.251 e. The van der Waals surface area contributed by atoms with Gasteiger partial charge in [-0.2, -0.15) is 0 Å². The second-order valence-electron chi connectivity index (χ2n) is 8.34. The minimum atomic E-state index is -0.0717. The van der Waals surface area contributed by atoms with E-state index in [2.05, 4.69) is 15.2 Å². The number of nitrogens with one attached hydrogen (secondary N) is 1. The molecule has 1 aromatic heterocycles. The Kier molecular flexibility index (Phi) is 8.40. The van der Waals surface area contributed by atoms with Crippen molar-refractivity contribution in [2.24, 2.45) is 11.8 Å². The van der Waals surface area contributed by atoms with Gasteiger partial charge < -0.3 is 10.2 Å². The van der Waals surface area contributed by atoms with Gasteiger partial charge in [-0.3, -0.25) is 4.79 Å². The monoisotopic (exact) mass is 391 g/mol. The van der Waals surface area contributed by atoms with Crippen LogP contribution in [0.5, 0.6) is 0 Å². The van der Waals surface area contributed by atoms with Gasteiger partial charge >= 0.3 is 0 Å². The van der Waals surface area contributed by atoms with Crippen molar-refractivity contribution in [3.8, 4) is 0 Å². The van der Waals surface area contributed by atoms with E-state index < -0.39 is 0 Å². The lowest BCUT2D eigenvalue weighted by Gasteiger charge is -2.32. The van der Waals surface area contributed by atoms with E-state index in [1.165, 1.54) is 77.3 Å². The number of amides is 1. The van der Waals surface area contributed by atoms with Gasteiger partial charge in [0.05, 0.1) is 0 Å². The molecule has 4 nitrogen and oxygen atoms in total. The summed E-state index contributed by atoms with van der Waals surface area (Å²) >= 11 is 5.84. The van der Waals surface area contributed by atoms with E-state index in [0.29, 0.717) is 17.3 Å². The van der Waals surface area contributed by atoms with Gasteiger partial charge in [0, 0.05) is 24.8 Å². The topological polar surface area (TPSA) is 45.2 Å². The zero-order chi connectivity index (χ0) is 18.9. The Bertz CT molecular complexity index is 579. The van der Waals surface area contributed by atoms with Gasteiger partial charge in [-0.1, -0.05) is 63.0 Å². The van der Waals surface area contributed by atoms with Crippen molar-refractivity contribution < 1.29 is 4.79 Å². The Morgan fingerprint density at radius 2 is 1.74 bits per heavy atom. The Balaban J connectivity index is 1.28. The van der Waals surface area contributed by atoms with E-state index in [-0.39, 0.29) is 5.91 Å². The fourth-order valence-corrected chi connectivity index (χ4v) is 4.77. The van der Waals surface area contributed by atoms with Crippen LogP contribution in [0.25, 0.3) is 0 Å². The van der Waals surface area contributed by atoms with Crippen molar-refractivity contribution in [2.75, 3.05) is 26.2 Å². The predicted octanol–water partition coefficient (Wildman–Crippen LogP) is 4.93. The molecule has 0 atom stereocenters. The van der Waals surface area contributed by atoms with Gasteiger partial charge in [-0.05, 0) is 49.9 Å². The number of rotatable bonds is 7. The number of nitrogens with zero attached hydrogens (tertiary/aromatic N) is 2. The molecule has 0 spiro atoms. The summed E-state index contributed by atoms with van der Waals surface area (Å²) in [4.78, 5) is 18.5. The van der Waals surface area contributed by atoms with Crippen LogP contribution in [-0.4, -0.2) is 42.0 Å². The van der Waals surface area contributed by atoms with Crippen LogP contribution in [0.4, 0.5) is 0 Å². The number of carbonyl (C=O) groups excluding carboxylic acids is 1. The van der Waals surface area contributed by atoms with Crippen molar-refractivity contribution in [3.63, 3.8) is 0 Å². The molecule has 1 aliphatic carbocycles. The normalized spacial score (nSPS) is 20.3. The highest BCUT2D eigenvalue weighted by Crippen LogP contribution is 2.30. The fraction of sp³-hybridized carbons (Fsp3) is 0.727. The zero-order valence-electron chi connectivity index (χ0n) is 16.5. The second kappa shape index (κ2) is 11.0. The van der Waals surface area contributed by atoms with Crippen LogP contribution in [-0.2, 0) is 0 Å². The average Bonchev–Trinajstić information content (AvgIpc) is 2.96. The predicted molar refractivity (Wildman–Crippen MR) is 111 cm³/mol. The van der Waals surface area contributed by atoms with Crippen LogP contribution >= 0.6 is 11.6 Å². The lowest BCUT2D eigenvalue weighted by molar-refractivity contribution is 0.0943. The summed E-state index contributed by atoms with van der Waals surface area (Å²) in [6.45, 7) is 3.96. The SMILES string of the molecule is O=C(NCCN1CCC(CCC2CCCCCC2)CC1)c1ccnc(Cl)c1. The van der Waals surface area contributed by atoms with Gasteiger partial charge in [-0.15, -0.1) is 0 Å². The standard InChI is InChI=1S/C22H34ClN3O/c23-21-17-20(9-12-24-21)22(27)25-13-16-26-14-10-19(11-15-26)8-7-18-5-3-1-2-4-6-18/h9,12,17-19H,1-8,10-11,13-16H2,(H,25,27). The third-order valence-electron chi connectivity index (χ3n) is 6.37. The van der Waals surface area contributed by atoms with E-state index in [9.17, 15) is 4.79 Å². The highest BCUT2D eigenvalue weighted by atomic mass is 35.5. The molecule has 2 fully saturated rings. The first-order chi connectivity index (χ1) is 13.2. The Labute approximate surface area is 169 Å². The largest absolute Gasteiger partial charge is 0.351 e. The molecule has 3 rings (SSSR count). The molecule has 1 aromatic rings. The van der Waals surface area contributed by atoms with Gasteiger partial charge in [-0.25, -0.2) is 4.98 Å². The number of halogens is 1. The van der Waals surface area contributed by atoms with E-state index in [1.54, 1.807) is 18.3 Å². The molecular weight excluding hydrogens is 358 g/mol. The van der Waals surface area contributed by atoms with Crippen molar-refractivity contribution in [3.05, 3.63) is 29.0 Å². The molecule has 2 heterocycles. The molecule has 2 aliphatic rings. The number of likely N-dealkylation sites (tertiary alicyclic amines) is 1.